The maximum Gasteiger partial charge on any atom is 0.326 e. The predicted octanol–water partition coefficient (Wildman–Crippen LogP) is -0.802. The average molecular weight is 247 g/mol. The fourth-order valence-corrected chi connectivity index (χ4v) is 1.04. The molecular weight excluding hydrogens is 230 g/mol. The van der Waals surface area contributed by atoms with E-state index in [-0.39, 0.29) is 26.1 Å². The lowest BCUT2D eigenvalue weighted by molar-refractivity contribution is -0.142. The number of aldehydes is 1. The molecular formula is C10H17NO6. The average Bonchev–Trinajstić information content (AvgIpc) is 2.29. The number of hydrogen-bond acceptors (Lipinski definition) is 5. The molecule has 0 saturated carbocycles. The topological polar surface area (TPSA) is 102 Å². The number of carbonyl (C=O) groups excluding carboxylic acids is 2. The molecule has 0 bridgehead atoms. The minimum Gasteiger partial charge on any atom is -0.480 e. The van der Waals surface area contributed by atoms with E-state index in [4.69, 9.17) is 14.6 Å². The summed E-state index contributed by atoms with van der Waals surface area (Å²) in [5.74, 6) is -1.70. The van der Waals surface area contributed by atoms with Crippen molar-refractivity contribution in [3.8, 4) is 0 Å². The Morgan fingerprint density at radius 3 is 2.65 bits per heavy atom. The second kappa shape index (κ2) is 9.73. The van der Waals surface area contributed by atoms with E-state index in [0.29, 0.717) is 12.9 Å². The monoisotopic (exact) mass is 247 g/mol. The number of carboxylic acids is 1. The van der Waals surface area contributed by atoms with Crippen LogP contribution in [0.1, 0.15) is 12.8 Å². The van der Waals surface area contributed by atoms with Gasteiger partial charge in [0, 0.05) is 13.5 Å². The van der Waals surface area contributed by atoms with Gasteiger partial charge in [0.2, 0.25) is 5.91 Å². The van der Waals surface area contributed by atoms with Gasteiger partial charge in [0.25, 0.3) is 0 Å². The quantitative estimate of drug-likeness (QED) is 0.387. The summed E-state index contributed by atoms with van der Waals surface area (Å²) in [4.78, 5) is 32.1. The summed E-state index contributed by atoms with van der Waals surface area (Å²) in [7, 11) is 1.50. The molecule has 0 heterocycles. The van der Waals surface area contributed by atoms with Gasteiger partial charge in [-0.2, -0.15) is 0 Å². The Kier molecular flexibility index (Phi) is 8.89. The van der Waals surface area contributed by atoms with Gasteiger partial charge in [0.1, 0.15) is 18.9 Å². The largest absolute Gasteiger partial charge is 0.480 e. The van der Waals surface area contributed by atoms with Crippen LogP contribution < -0.4 is 5.32 Å². The number of ether oxygens (including phenoxy) is 2. The summed E-state index contributed by atoms with van der Waals surface area (Å²) in [6, 6.07) is -1.06. The van der Waals surface area contributed by atoms with Crippen LogP contribution in [0, 0.1) is 0 Å². The summed E-state index contributed by atoms with van der Waals surface area (Å²) in [5.41, 5.74) is 0. The summed E-state index contributed by atoms with van der Waals surface area (Å²) >= 11 is 0. The first-order chi connectivity index (χ1) is 8.11. The molecule has 7 nitrogen and oxygen atoms in total. The standard InChI is InChI=1S/C10H17NO6/c1-16-5-6-17-7-9(13)11-8(10(14)15)3-2-4-12/h4,8H,2-3,5-7H2,1H3,(H,11,13)(H,14,15). The molecule has 0 aromatic rings. The van der Waals surface area contributed by atoms with Gasteiger partial charge in [0.15, 0.2) is 0 Å². The highest BCUT2D eigenvalue weighted by molar-refractivity contribution is 5.84. The molecule has 0 spiro atoms. The van der Waals surface area contributed by atoms with E-state index in [9.17, 15) is 14.4 Å². The van der Waals surface area contributed by atoms with Gasteiger partial charge in [-0.1, -0.05) is 0 Å². The number of methoxy groups -OCH3 is 1. The second-order valence-electron chi connectivity index (χ2n) is 3.25. The van der Waals surface area contributed by atoms with Crippen LogP contribution in [0.5, 0.6) is 0 Å². The Morgan fingerprint density at radius 1 is 1.41 bits per heavy atom. The fraction of sp³-hybridized carbons (Fsp3) is 0.700. The van der Waals surface area contributed by atoms with Gasteiger partial charge in [-0.3, -0.25) is 4.79 Å². The number of carbonyl (C=O) groups is 3. The summed E-state index contributed by atoms with van der Waals surface area (Å²) in [5, 5.41) is 11.0. The number of hydrogen-bond donors (Lipinski definition) is 2. The van der Waals surface area contributed by atoms with Gasteiger partial charge in [-0.15, -0.1) is 0 Å². The lowest BCUT2D eigenvalue weighted by Crippen LogP contribution is -2.42. The Morgan fingerprint density at radius 2 is 2.12 bits per heavy atom. The van der Waals surface area contributed by atoms with Gasteiger partial charge >= 0.3 is 5.97 Å². The molecule has 0 fully saturated rings. The van der Waals surface area contributed by atoms with Crippen LogP contribution in [0.15, 0.2) is 0 Å². The highest BCUT2D eigenvalue weighted by Gasteiger charge is 2.19. The molecule has 7 heteroatoms. The van der Waals surface area contributed by atoms with Crippen LogP contribution in [-0.4, -0.2) is 56.2 Å². The zero-order chi connectivity index (χ0) is 13.1. The molecule has 0 rings (SSSR count). The number of nitrogens with one attached hydrogen (secondary N) is 1. The maximum atomic E-state index is 11.3. The minimum absolute atomic E-state index is 0.0721. The van der Waals surface area contributed by atoms with Crippen molar-refractivity contribution in [1.82, 2.24) is 5.32 Å². The molecule has 2 N–H and O–H groups in total. The zero-order valence-corrected chi connectivity index (χ0v) is 9.68. The third kappa shape index (κ3) is 8.35. The molecule has 0 radical (unpaired) electrons. The maximum absolute atomic E-state index is 11.3. The van der Waals surface area contributed by atoms with E-state index in [1.165, 1.54) is 7.11 Å². The Labute approximate surface area is 99.1 Å². The van der Waals surface area contributed by atoms with Crippen molar-refractivity contribution < 1.29 is 29.0 Å². The van der Waals surface area contributed by atoms with Crippen molar-refractivity contribution >= 4 is 18.2 Å². The Hall–Kier alpha value is -1.47. The molecule has 0 aliphatic rings. The van der Waals surface area contributed by atoms with Crippen LogP contribution in [0.4, 0.5) is 0 Å². The fourth-order valence-electron chi connectivity index (χ4n) is 1.04. The van der Waals surface area contributed by atoms with Crippen molar-refractivity contribution in [2.45, 2.75) is 18.9 Å². The third-order valence-corrected chi connectivity index (χ3v) is 1.87. The van der Waals surface area contributed by atoms with E-state index in [1.807, 2.05) is 0 Å². The zero-order valence-electron chi connectivity index (χ0n) is 9.68. The van der Waals surface area contributed by atoms with Crippen LogP contribution in [0.3, 0.4) is 0 Å². The van der Waals surface area contributed by atoms with Gasteiger partial charge < -0.3 is 24.7 Å². The van der Waals surface area contributed by atoms with Gasteiger partial charge in [-0.25, -0.2) is 4.79 Å². The van der Waals surface area contributed by atoms with Crippen LogP contribution in [0.2, 0.25) is 0 Å². The van der Waals surface area contributed by atoms with E-state index >= 15 is 0 Å². The first kappa shape index (κ1) is 15.5. The Balaban J connectivity index is 3.86. The van der Waals surface area contributed by atoms with Gasteiger partial charge in [-0.05, 0) is 6.42 Å². The molecule has 0 saturated heterocycles. The van der Waals surface area contributed by atoms with Crippen LogP contribution >= 0.6 is 0 Å². The first-order valence-electron chi connectivity index (χ1n) is 5.14. The normalized spacial score (nSPS) is 11.8. The molecule has 1 atom stereocenters. The number of aliphatic carboxylic acids is 1. The van der Waals surface area contributed by atoms with E-state index in [2.05, 4.69) is 5.32 Å². The van der Waals surface area contributed by atoms with E-state index in [0.717, 1.165) is 0 Å². The van der Waals surface area contributed by atoms with Crippen molar-refractivity contribution in [1.29, 1.82) is 0 Å². The Bertz CT molecular complexity index is 255. The van der Waals surface area contributed by atoms with Crippen molar-refractivity contribution in [2.75, 3.05) is 26.9 Å². The molecule has 17 heavy (non-hydrogen) atoms. The lowest BCUT2D eigenvalue weighted by atomic mass is 10.1. The molecule has 98 valence electrons. The van der Waals surface area contributed by atoms with Crippen molar-refractivity contribution in [3.63, 3.8) is 0 Å². The minimum atomic E-state index is -1.17. The number of amides is 1. The summed E-state index contributed by atoms with van der Waals surface area (Å²) < 4.78 is 9.63. The SMILES string of the molecule is COCCOCC(=O)NC(CCC=O)C(=O)O. The third-order valence-electron chi connectivity index (χ3n) is 1.87. The van der Waals surface area contributed by atoms with Crippen LogP contribution in [0.25, 0.3) is 0 Å². The molecule has 0 aliphatic heterocycles. The molecule has 1 unspecified atom stereocenters. The molecule has 0 aromatic heterocycles. The summed E-state index contributed by atoms with van der Waals surface area (Å²) in [6.07, 6.45) is 0.765. The van der Waals surface area contributed by atoms with Crippen molar-refractivity contribution in [2.24, 2.45) is 0 Å². The van der Waals surface area contributed by atoms with Gasteiger partial charge in [0.05, 0.1) is 13.2 Å². The molecule has 0 aromatic carbocycles. The highest BCUT2D eigenvalue weighted by atomic mass is 16.5. The smallest absolute Gasteiger partial charge is 0.326 e. The second-order valence-corrected chi connectivity index (χ2v) is 3.25. The lowest BCUT2D eigenvalue weighted by Gasteiger charge is -2.13. The highest BCUT2D eigenvalue weighted by Crippen LogP contribution is 1.95. The van der Waals surface area contributed by atoms with Crippen LogP contribution in [-0.2, 0) is 23.9 Å². The van der Waals surface area contributed by atoms with E-state index in [1.54, 1.807) is 0 Å². The molecule has 1 amide bonds. The first-order valence-corrected chi connectivity index (χ1v) is 5.14. The predicted molar refractivity (Wildman–Crippen MR) is 57.6 cm³/mol. The number of rotatable bonds is 10. The van der Waals surface area contributed by atoms with Crippen molar-refractivity contribution in [3.05, 3.63) is 0 Å². The molecule has 0 aliphatic carbocycles. The number of carboxylic acid groups (broad SMARTS) is 1. The van der Waals surface area contributed by atoms with E-state index < -0.39 is 17.9 Å². The summed E-state index contributed by atoms with van der Waals surface area (Å²) in [6.45, 7) is 0.394.